The maximum Gasteiger partial charge on any atom is 0.294 e. The van der Waals surface area contributed by atoms with E-state index in [1.165, 1.54) is 16.7 Å². The van der Waals surface area contributed by atoms with Crippen LogP contribution in [0.25, 0.3) is 0 Å². The summed E-state index contributed by atoms with van der Waals surface area (Å²) in [5.41, 5.74) is 4.70. The second kappa shape index (κ2) is 6.25. The fourth-order valence-corrected chi connectivity index (χ4v) is 3.81. The van der Waals surface area contributed by atoms with Gasteiger partial charge >= 0.3 is 0 Å². The molecule has 4 rings (SSSR count). The Balaban J connectivity index is 1.83. The second-order valence-electron chi connectivity index (χ2n) is 6.76. The van der Waals surface area contributed by atoms with Gasteiger partial charge in [-0.3, -0.25) is 4.79 Å². The third-order valence-electron chi connectivity index (χ3n) is 4.99. The van der Waals surface area contributed by atoms with Crippen LogP contribution in [0.5, 0.6) is 0 Å². The Kier molecular flexibility index (Phi) is 3.92. The van der Waals surface area contributed by atoms with E-state index in [0.717, 1.165) is 12.1 Å². The molecule has 126 valence electrons. The molecule has 3 heteroatoms. The molecular weight excluding hydrogens is 310 g/mol. The summed E-state index contributed by atoms with van der Waals surface area (Å²) in [4.78, 5) is 14.9. The molecule has 0 unspecified atom stereocenters. The first-order chi connectivity index (χ1) is 12.1. The molecule has 1 aliphatic heterocycles. The number of anilines is 1. The van der Waals surface area contributed by atoms with Crippen molar-refractivity contribution < 1.29 is 9.21 Å². The van der Waals surface area contributed by atoms with Gasteiger partial charge in [0.25, 0.3) is 5.91 Å². The number of amides is 1. The number of furan rings is 1. The van der Waals surface area contributed by atoms with Crippen LogP contribution < -0.4 is 4.90 Å². The van der Waals surface area contributed by atoms with Crippen molar-refractivity contribution in [3.63, 3.8) is 0 Å². The molecule has 3 aromatic rings. The van der Waals surface area contributed by atoms with Crippen molar-refractivity contribution >= 4 is 11.6 Å². The molecule has 1 aliphatic rings. The molecule has 0 saturated heterocycles. The molecule has 0 N–H and O–H groups in total. The lowest BCUT2D eigenvalue weighted by atomic mass is 9.80. The van der Waals surface area contributed by atoms with E-state index in [1.807, 2.05) is 11.0 Å². The third-order valence-corrected chi connectivity index (χ3v) is 4.99. The molecule has 2 aromatic carbocycles. The van der Waals surface area contributed by atoms with Gasteiger partial charge in [-0.2, -0.15) is 0 Å². The SMILES string of the molecule is Cc1ccc2c(c1)[C@H](c1ccccc1)C[C@H](C)N2C(=O)c1ccco1. The fraction of sp³-hybridized carbons (Fsp3) is 0.227. The molecular formula is C22H21NO2. The van der Waals surface area contributed by atoms with Crippen LogP contribution in [0.15, 0.2) is 71.3 Å². The molecule has 1 aromatic heterocycles. The van der Waals surface area contributed by atoms with Crippen molar-refractivity contribution in [3.8, 4) is 0 Å². The average molecular weight is 331 g/mol. The Morgan fingerprint density at radius 1 is 1.08 bits per heavy atom. The molecule has 2 atom stereocenters. The van der Waals surface area contributed by atoms with Crippen LogP contribution in [0, 0.1) is 6.92 Å². The van der Waals surface area contributed by atoms with E-state index >= 15 is 0 Å². The van der Waals surface area contributed by atoms with Gasteiger partial charge in [-0.15, -0.1) is 0 Å². The number of benzene rings is 2. The Labute approximate surface area is 147 Å². The Morgan fingerprint density at radius 2 is 1.88 bits per heavy atom. The lowest BCUT2D eigenvalue weighted by molar-refractivity contribution is 0.0947. The lowest BCUT2D eigenvalue weighted by Crippen LogP contribution is -2.43. The van der Waals surface area contributed by atoms with Crippen molar-refractivity contribution in [1.82, 2.24) is 0 Å². The number of carbonyl (C=O) groups is 1. The topological polar surface area (TPSA) is 33.5 Å². The van der Waals surface area contributed by atoms with Gasteiger partial charge in [-0.25, -0.2) is 0 Å². The summed E-state index contributed by atoms with van der Waals surface area (Å²) in [5, 5.41) is 0. The Morgan fingerprint density at radius 3 is 2.60 bits per heavy atom. The van der Waals surface area contributed by atoms with Gasteiger partial charge in [0.2, 0.25) is 0 Å². The zero-order valence-corrected chi connectivity index (χ0v) is 14.5. The van der Waals surface area contributed by atoms with Crippen molar-refractivity contribution in [2.45, 2.75) is 32.2 Å². The van der Waals surface area contributed by atoms with Crippen LogP contribution in [-0.4, -0.2) is 11.9 Å². The predicted molar refractivity (Wildman–Crippen MR) is 99.1 cm³/mol. The van der Waals surface area contributed by atoms with Crippen LogP contribution in [0.4, 0.5) is 5.69 Å². The summed E-state index contributed by atoms with van der Waals surface area (Å²) in [5.74, 6) is 0.609. The molecule has 0 bridgehead atoms. The van der Waals surface area contributed by atoms with Crippen molar-refractivity contribution in [2.75, 3.05) is 4.90 Å². The van der Waals surface area contributed by atoms with Crippen molar-refractivity contribution in [3.05, 3.63) is 89.4 Å². The molecule has 3 nitrogen and oxygen atoms in total. The Hall–Kier alpha value is -2.81. The number of rotatable bonds is 2. The van der Waals surface area contributed by atoms with Crippen LogP contribution in [0.1, 0.15) is 46.5 Å². The molecule has 2 heterocycles. The summed E-state index contributed by atoms with van der Waals surface area (Å²) in [7, 11) is 0. The highest BCUT2D eigenvalue weighted by Crippen LogP contribution is 2.43. The Bertz CT molecular complexity index is 884. The quantitative estimate of drug-likeness (QED) is 0.650. The summed E-state index contributed by atoms with van der Waals surface area (Å²) in [6, 6.07) is 20.5. The first kappa shape index (κ1) is 15.7. The maximum absolute atomic E-state index is 13.0. The van der Waals surface area contributed by atoms with Gasteiger partial charge in [-0.1, -0.05) is 48.0 Å². The van der Waals surface area contributed by atoms with E-state index in [2.05, 4.69) is 56.3 Å². The van der Waals surface area contributed by atoms with Gasteiger partial charge in [0.15, 0.2) is 5.76 Å². The first-order valence-electron chi connectivity index (χ1n) is 8.67. The van der Waals surface area contributed by atoms with Gasteiger partial charge in [0, 0.05) is 17.6 Å². The van der Waals surface area contributed by atoms with Crippen molar-refractivity contribution in [2.24, 2.45) is 0 Å². The van der Waals surface area contributed by atoms with Gasteiger partial charge in [-0.05, 0) is 49.6 Å². The maximum atomic E-state index is 13.0. The number of hydrogen-bond donors (Lipinski definition) is 0. The minimum Gasteiger partial charge on any atom is -0.459 e. The van der Waals surface area contributed by atoms with Crippen molar-refractivity contribution in [1.29, 1.82) is 0 Å². The molecule has 0 radical (unpaired) electrons. The van der Waals surface area contributed by atoms with E-state index in [0.29, 0.717) is 11.7 Å². The number of carbonyl (C=O) groups excluding carboxylic acids is 1. The largest absolute Gasteiger partial charge is 0.459 e. The number of nitrogens with zero attached hydrogens (tertiary/aromatic N) is 1. The van der Waals surface area contributed by atoms with Gasteiger partial charge in [0.05, 0.1) is 6.26 Å². The van der Waals surface area contributed by atoms with E-state index in [9.17, 15) is 4.79 Å². The third kappa shape index (κ3) is 2.76. The molecule has 0 fully saturated rings. The minimum atomic E-state index is -0.0749. The fourth-order valence-electron chi connectivity index (χ4n) is 3.81. The summed E-state index contributed by atoms with van der Waals surface area (Å²) < 4.78 is 5.36. The smallest absolute Gasteiger partial charge is 0.294 e. The van der Waals surface area contributed by atoms with Gasteiger partial charge in [0.1, 0.15) is 0 Å². The minimum absolute atomic E-state index is 0.0749. The summed E-state index contributed by atoms with van der Waals surface area (Å²) >= 11 is 0. The standard InChI is InChI=1S/C22H21NO2/c1-15-10-11-20-19(13-15)18(17-7-4-3-5-8-17)14-16(2)23(20)22(24)21-9-6-12-25-21/h3-13,16,18H,14H2,1-2H3/t16-,18-/m0/s1. The number of hydrogen-bond acceptors (Lipinski definition) is 2. The van der Waals surface area contributed by atoms with E-state index < -0.39 is 0 Å². The van der Waals surface area contributed by atoms with E-state index in [1.54, 1.807) is 18.4 Å². The highest BCUT2D eigenvalue weighted by molar-refractivity contribution is 6.05. The van der Waals surface area contributed by atoms with Gasteiger partial charge < -0.3 is 9.32 Å². The summed E-state index contributed by atoms with van der Waals surface area (Å²) in [6.07, 6.45) is 2.44. The van der Waals surface area contributed by atoms with E-state index in [-0.39, 0.29) is 11.9 Å². The predicted octanol–water partition coefficient (Wildman–Crippen LogP) is 5.16. The first-order valence-corrected chi connectivity index (χ1v) is 8.67. The van der Waals surface area contributed by atoms with Crippen LogP contribution in [-0.2, 0) is 0 Å². The average Bonchev–Trinajstić information content (AvgIpc) is 3.16. The molecule has 0 aliphatic carbocycles. The van der Waals surface area contributed by atoms with Crippen LogP contribution >= 0.6 is 0 Å². The summed E-state index contributed by atoms with van der Waals surface area (Å²) in [6.45, 7) is 4.21. The normalized spacial score (nSPS) is 19.5. The van der Waals surface area contributed by atoms with Crippen LogP contribution in [0.3, 0.4) is 0 Å². The molecule has 25 heavy (non-hydrogen) atoms. The zero-order valence-electron chi connectivity index (χ0n) is 14.5. The molecule has 1 amide bonds. The highest BCUT2D eigenvalue weighted by Gasteiger charge is 2.35. The number of fused-ring (bicyclic) bond motifs is 1. The highest BCUT2D eigenvalue weighted by atomic mass is 16.3. The monoisotopic (exact) mass is 331 g/mol. The van der Waals surface area contributed by atoms with Crippen LogP contribution in [0.2, 0.25) is 0 Å². The lowest BCUT2D eigenvalue weighted by Gasteiger charge is -2.39. The second-order valence-corrected chi connectivity index (χ2v) is 6.76. The zero-order chi connectivity index (χ0) is 17.4. The molecule has 0 saturated carbocycles. The van der Waals surface area contributed by atoms with E-state index in [4.69, 9.17) is 4.42 Å². The molecule has 0 spiro atoms. The number of aryl methyl sites for hydroxylation is 1.